The normalized spacial score (nSPS) is 14.0. The van der Waals surface area contributed by atoms with Crippen LogP contribution in [0.25, 0.3) is 0 Å². The van der Waals surface area contributed by atoms with Crippen LogP contribution in [-0.2, 0) is 27.9 Å². The zero-order chi connectivity index (χ0) is 43.9. The molecule has 0 aromatic heterocycles. The highest BCUT2D eigenvalue weighted by atomic mass is 31.2. The van der Waals surface area contributed by atoms with Crippen molar-refractivity contribution in [3.8, 4) is 0 Å². The third-order valence-electron chi connectivity index (χ3n) is 11.1. The Hall–Kier alpha value is -1.06. The van der Waals surface area contributed by atoms with Gasteiger partial charge < -0.3 is 24.6 Å². The second kappa shape index (κ2) is 47.4. The first-order valence-electron chi connectivity index (χ1n) is 25.3. The van der Waals surface area contributed by atoms with Crippen LogP contribution in [0.3, 0.4) is 0 Å². The van der Waals surface area contributed by atoms with Gasteiger partial charge in [0.15, 0.2) is 0 Å². The number of aliphatic hydroxyl groups is 2. The Labute approximate surface area is 370 Å². The van der Waals surface area contributed by atoms with Crippen molar-refractivity contribution >= 4 is 13.8 Å². The van der Waals surface area contributed by atoms with Crippen molar-refractivity contribution in [2.45, 2.75) is 257 Å². The Balaban J connectivity index is 4.02. The molecule has 9 nitrogen and oxygen atoms in total. The summed E-state index contributed by atoms with van der Waals surface area (Å²) in [6.45, 7) is 3.56. The number of hydrogen-bond donors (Lipinski definition) is 3. The van der Waals surface area contributed by atoms with Gasteiger partial charge in [0.2, 0.25) is 0 Å². The van der Waals surface area contributed by atoms with E-state index in [0.29, 0.717) is 6.61 Å². The highest BCUT2D eigenvalue weighted by Gasteiger charge is 2.26. The fraction of sp³-hybridized carbons (Fsp3) is 0.900. The second-order valence-corrected chi connectivity index (χ2v) is 18.6. The van der Waals surface area contributed by atoms with Crippen LogP contribution in [0.5, 0.6) is 0 Å². The third kappa shape index (κ3) is 46.4. The van der Waals surface area contributed by atoms with E-state index in [1.807, 2.05) is 0 Å². The summed E-state index contributed by atoms with van der Waals surface area (Å²) in [4.78, 5) is 22.7. The topological polar surface area (TPSA) is 132 Å². The zero-order valence-electron chi connectivity index (χ0n) is 39.2. The molecule has 0 bridgehead atoms. The number of carbonyl (C=O) groups excluding carboxylic acids is 1. The molecular formula is C50H97O9P. The SMILES string of the molecule is CCCCCCC/C=C\C/C=C\CCCCCCCCCCCCCCOCC(COP(=O)(O)OCC(O)CO)OC(=O)CCCCCCCCCCCCCCCCC. The van der Waals surface area contributed by atoms with Crippen molar-refractivity contribution in [2.75, 3.05) is 33.0 Å². The Bertz CT molecular complexity index is 991. The monoisotopic (exact) mass is 873 g/mol. The van der Waals surface area contributed by atoms with Crippen LogP contribution in [0, 0.1) is 0 Å². The van der Waals surface area contributed by atoms with Crippen LogP contribution < -0.4 is 0 Å². The van der Waals surface area contributed by atoms with E-state index in [-0.39, 0.29) is 25.6 Å². The molecule has 356 valence electrons. The molecule has 0 aromatic rings. The molecule has 3 atom stereocenters. The average molecular weight is 873 g/mol. The highest BCUT2D eigenvalue weighted by molar-refractivity contribution is 7.47. The molecule has 0 heterocycles. The number of esters is 1. The molecule has 0 spiro atoms. The third-order valence-corrected chi connectivity index (χ3v) is 12.1. The van der Waals surface area contributed by atoms with Gasteiger partial charge in [-0.2, -0.15) is 0 Å². The number of aliphatic hydroxyl groups excluding tert-OH is 2. The van der Waals surface area contributed by atoms with Gasteiger partial charge >= 0.3 is 13.8 Å². The first-order chi connectivity index (χ1) is 29.3. The zero-order valence-corrected chi connectivity index (χ0v) is 40.1. The van der Waals surface area contributed by atoms with Gasteiger partial charge in [0, 0.05) is 13.0 Å². The lowest BCUT2D eigenvalue weighted by Gasteiger charge is -2.20. The first-order valence-corrected chi connectivity index (χ1v) is 26.8. The fourth-order valence-corrected chi connectivity index (χ4v) is 8.06. The quantitative estimate of drug-likeness (QED) is 0.0237. The first kappa shape index (κ1) is 58.9. The van der Waals surface area contributed by atoms with E-state index in [1.165, 1.54) is 180 Å². The molecule has 0 aliphatic rings. The number of rotatable bonds is 49. The molecule has 60 heavy (non-hydrogen) atoms. The maximum Gasteiger partial charge on any atom is 0.472 e. The second-order valence-electron chi connectivity index (χ2n) is 17.2. The summed E-state index contributed by atoms with van der Waals surface area (Å²) in [5, 5.41) is 18.4. The van der Waals surface area contributed by atoms with E-state index in [0.717, 1.165) is 44.9 Å². The fourth-order valence-electron chi connectivity index (χ4n) is 7.27. The summed E-state index contributed by atoms with van der Waals surface area (Å²) < 4.78 is 33.5. The summed E-state index contributed by atoms with van der Waals surface area (Å²) >= 11 is 0. The van der Waals surface area contributed by atoms with Crippen LogP contribution in [0.15, 0.2) is 24.3 Å². The van der Waals surface area contributed by atoms with E-state index in [9.17, 15) is 19.4 Å². The van der Waals surface area contributed by atoms with E-state index in [4.69, 9.17) is 23.6 Å². The molecule has 0 fully saturated rings. The predicted molar refractivity (Wildman–Crippen MR) is 251 cm³/mol. The predicted octanol–water partition coefficient (Wildman–Crippen LogP) is 14.6. The molecule has 3 N–H and O–H groups in total. The van der Waals surface area contributed by atoms with Crippen molar-refractivity contribution in [1.82, 2.24) is 0 Å². The van der Waals surface area contributed by atoms with Gasteiger partial charge in [-0.1, -0.05) is 218 Å². The number of allylic oxidation sites excluding steroid dienone is 4. The average Bonchev–Trinajstić information content (AvgIpc) is 3.24. The lowest BCUT2D eigenvalue weighted by atomic mass is 10.0. The van der Waals surface area contributed by atoms with Crippen molar-refractivity contribution in [3.05, 3.63) is 24.3 Å². The minimum Gasteiger partial charge on any atom is -0.457 e. The molecule has 3 unspecified atom stereocenters. The van der Waals surface area contributed by atoms with Gasteiger partial charge in [-0.15, -0.1) is 0 Å². The maximum atomic E-state index is 12.7. The maximum absolute atomic E-state index is 12.7. The van der Waals surface area contributed by atoms with Gasteiger partial charge in [-0.25, -0.2) is 4.57 Å². The van der Waals surface area contributed by atoms with Gasteiger partial charge in [0.1, 0.15) is 12.2 Å². The van der Waals surface area contributed by atoms with Crippen molar-refractivity contribution in [3.63, 3.8) is 0 Å². The molecule has 10 heteroatoms. The van der Waals surface area contributed by atoms with E-state index < -0.39 is 33.2 Å². The molecule has 0 amide bonds. The van der Waals surface area contributed by atoms with Crippen LogP contribution in [-0.4, -0.2) is 66.3 Å². The van der Waals surface area contributed by atoms with Gasteiger partial charge in [-0.05, 0) is 44.9 Å². The van der Waals surface area contributed by atoms with Crippen molar-refractivity contribution in [2.24, 2.45) is 0 Å². The molecule has 0 saturated heterocycles. The minimum absolute atomic E-state index is 0.0531. The van der Waals surface area contributed by atoms with Crippen LogP contribution in [0.4, 0.5) is 0 Å². The van der Waals surface area contributed by atoms with E-state index >= 15 is 0 Å². The number of phosphoric acid groups is 1. The molecule has 0 rings (SSSR count). The number of ether oxygens (including phenoxy) is 2. The van der Waals surface area contributed by atoms with Crippen LogP contribution >= 0.6 is 7.82 Å². The summed E-state index contributed by atoms with van der Waals surface area (Å²) in [7, 11) is -4.52. The molecule has 0 aliphatic carbocycles. The molecule has 0 radical (unpaired) electrons. The Morgan fingerprint density at radius 1 is 0.517 bits per heavy atom. The van der Waals surface area contributed by atoms with Crippen molar-refractivity contribution < 1.29 is 43.0 Å². The number of carbonyl (C=O) groups is 1. The number of unbranched alkanes of at least 4 members (excludes halogenated alkanes) is 31. The van der Waals surface area contributed by atoms with E-state index in [1.54, 1.807) is 0 Å². The standard InChI is InChI=1S/C50H97O9P/c1-3-5-7-9-11-13-15-17-19-20-21-22-23-24-25-26-27-29-31-33-35-37-39-41-43-56-46-49(47-58-60(54,55)57-45-48(52)44-51)59-50(53)42-40-38-36-34-32-30-28-18-16-14-12-10-8-6-4-2/h15,17,20-21,48-49,51-52H,3-14,16,18-19,22-47H2,1-2H3,(H,54,55)/b17-15-,21-20-. The lowest BCUT2D eigenvalue weighted by molar-refractivity contribution is -0.154. The Morgan fingerprint density at radius 3 is 1.33 bits per heavy atom. The Morgan fingerprint density at radius 2 is 0.900 bits per heavy atom. The molecular weight excluding hydrogens is 776 g/mol. The summed E-state index contributed by atoms with van der Waals surface area (Å²) in [5.41, 5.74) is 0. The highest BCUT2D eigenvalue weighted by Crippen LogP contribution is 2.43. The summed E-state index contributed by atoms with van der Waals surface area (Å²) in [5.74, 6) is -0.378. The minimum atomic E-state index is -4.52. The summed E-state index contributed by atoms with van der Waals surface area (Å²) in [6.07, 6.45) is 51.4. The van der Waals surface area contributed by atoms with Crippen molar-refractivity contribution in [1.29, 1.82) is 0 Å². The van der Waals surface area contributed by atoms with Crippen LogP contribution in [0.1, 0.15) is 245 Å². The smallest absolute Gasteiger partial charge is 0.457 e. The van der Waals surface area contributed by atoms with Gasteiger partial charge in [-0.3, -0.25) is 13.8 Å². The largest absolute Gasteiger partial charge is 0.472 e. The lowest BCUT2D eigenvalue weighted by Crippen LogP contribution is -2.29. The number of phosphoric ester groups is 1. The molecule has 0 aliphatic heterocycles. The number of hydrogen-bond acceptors (Lipinski definition) is 8. The molecule has 0 saturated carbocycles. The van der Waals surface area contributed by atoms with Gasteiger partial charge in [0.05, 0.1) is 26.4 Å². The summed E-state index contributed by atoms with van der Waals surface area (Å²) in [6, 6.07) is 0. The van der Waals surface area contributed by atoms with E-state index in [2.05, 4.69) is 38.2 Å². The Kier molecular flexibility index (Phi) is 46.6. The molecule has 0 aromatic carbocycles. The van der Waals surface area contributed by atoms with Gasteiger partial charge in [0.25, 0.3) is 0 Å². The van der Waals surface area contributed by atoms with Crippen LogP contribution in [0.2, 0.25) is 0 Å².